The summed E-state index contributed by atoms with van der Waals surface area (Å²) in [6.45, 7) is 4.23. The summed E-state index contributed by atoms with van der Waals surface area (Å²) in [6, 6.07) is 8.64. The summed E-state index contributed by atoms with van der Waals surface area (Å²) in [4.78, 5) is 42.4. The van der Waals surface area contributed by atoms with Crippen molar-refractivity contribution in [2.45, 2.75) is 18.1 Å². The Morgan fingerprint density at radius 3 is 2.86 bits per heavy atom. The molecule has 148 valence electrons. The third-order valence-electron chi connectivity index (χ3n) is 3.52. The molecule has 9 heteroatoms. The van der Waals surface area contributed by atoms with E-state index in [1.54, 1.807) is 13.2 Å². The van der Waals surface area contributed by atoms with Crippen LogP contribution in [0.25, 0.3) is 0 Å². The molecular formula is C19H22N4O4S. The van der Waals surface area contributed by atoms with Gasteiger partial charge in [-0.15, -0.1) is 6.58 Å². The summed E-state index contributed by atoms with van der Waals surface area (Å²) >= 11 is 1.09. The number of methoxy groups -OCH3 is 1. The van der Waals surface area contributed by atoms with Crippen molar-refractivity contribution in [3.05, 3.63) is 64.6 Å². The van der Waals surface area contributed by atoms with E-state index in [9.17, 15) is 14.4 Å². The van der Waals surface area contributed by atoms with Crippen molar-refractivity contribution in [3.8, 4) is 5.75 Å². The van der Waals surface area contributed by atoms with E-state index in [4.69, 9.17) is 4.74 Å². The lowest BCUT2D eigenvalue weighted by Gasteiger charge is -2.07. The van der Waals surface area contributed by atoms with Crippen LogP contribution < -0.4 is 20.9 Å². The van der Waals surface area contributed by atoms with Crippen LogP contribution >= 0.6 is 11.8 Å². The highest BCUT2D eigenvalue weighted by atomic mass is 32.2. The standard InChI is InChI=1S/C19H22N4O4S/c1-3-7-20-18(26)12-28-19-22-14(10-17(25)23-19)9-16(24)21-11-13-5-4-6-15(8-13)27-2/h3-6,8,10H,1,7,9,11-12H2,2H3,(H,20,26)(H,21,24)(H,22,23,25). The van der Waals surface area contributed by atoms with Crippen molar-refractivity contribution in [1.82, 2.24) is 20.6 Å². The fourth-order valence-corrected chi connectivity index (χ4v) is 2.95. The minimum atomic E-state index is -0.375. The highest BCUT2D eigenvalue weighted by Crippen LogP contribution is 2.13. The molecule has 28 heavy (non-hydrogen) atoms. The van der Waals surface area contributed by atoms with Crippen molar-refractivity contribution in [2.24, 2.45) is 0 Å². The summed E-state index contributed by atoms with van der Waals surface area (Å²) in [5.74, 6) is 0.346. The highest BCUT2D eigenvalue weighted by molar-refractivity contribution is 7.99. The zero-order valence-electron chi connectivity index (χ0n) is 15.5. The number of nitrogens with one attached hydrogen (secondary N) is 3. The number of nitrogens with zero attached hydrogens (tertiary/aromatic N) is 1. The van der Waals surface area contributed by atoms with Gasteiger partial charge in [-0.2, -0.15) is 0 Å². The zero-order chi connectivity index (χ0) is 20.4. The van der Waals surface area contributed by atoms with E-state index in [1.807, 2.05) is 24.3 Å². The molecule has 1 aromatic carbocycles. The Bertz CT molecular complexity index is 897. The van der Waals surface area contributed by atoms with Crippen LogP contribution in [0.4, 0.5) is 0 Å². The average Bonchev–Trinajstić information content (AvgIpc) is 2.69. The number of benzene rings is 1. The van der Waals surface area contributed by atoms with Crippen LogP contribution in [-0.4, -0.2) is 41.2 Å². The van der Waals surface area contributed by atoms with Crippen molar-refractivity contribution in [2.75, 3.05) is 19.4 Å². The van der Waals surface area contributed by atoms with E-state index in [0.29, 0.717) is 24.5 Å². The van der Waals surface area contributed by atoms with Gasteiger partial charge < -0.3 is 20.4 Å². The third-order valence-corrected chi connectivity index (χ3v) is 4.40. The van der Waals surface area contributed by atoms with E-state index in [-0.39, 0.29) is 34.7 Å². The quantitative estimate of drug-likeness (QED) is 0.311. The maximum absolute atomic E-state index is 12.2. The largest absolute Gasteiger partial charge is 0.497 e. The summed E-state index contributed by atoms with van der Waals surface area (Å²) < 4.78 is 5.15. The lowest BCUT2D eigenvalue weighted by molar-refractivity contribution is -0.120. The molecule has 0 saturated carbocycles. The molecule has 3 N–H and O–H groups in total. The van der Waals surface area contributed by atoms with Gasteiger partial charge in [0.2, 0.25) is 11.8 Å². The van der Waals surface area contributed by atoms with Crippen molar-refractivity contribution in [3.63, 3.8) is 0 Å². The van der Waals surface area contributed by atoms with Crippen LogP contribution in [0.5, 0.6) is 5.75 Å². The fraction of sp³-hybridized carbons (Fsp3) is 0.263. The molecule has 0 aliphatic carbocycles. The smallest absolute Gasteiger partial charge is 0.251 e. The number of amides is 2. The van der Waals surface area contributed by atoms with Gasteiger partial charge in [0.15, 0.2) is 5.16 Å². The topological polar surface area (TPSA) is 113 Å². The molecule has 0 bridgehead atoms. The number of ether oxygens (including phenoxy) is 1. The van der Waals surface area contributed by atoms with Gasteiger partial charge in [0, 0.05) is 19.2 Å². The van der Waals surface area contributed by atoms with Gasteiger partial charge in [-0.25, -0.2) is 4.98 Å². The first-order valence-electron chi connectivity index (χ1n) is 8.50. The summed E-state index contributed by atoms with van der Waals surface area (Å²) in [6.07, 6.45) is 1.54. The Morgan fingerprint density at radius 1 is 1.29 bits per heavy atom. The molecular weight excluding hydrogens is 380 g/mol. The SMILES string of the molecule is C=CCNC(=O)CSc1nc(CC(=O)NCc2cccc(OC)c2)cc(=O)[nH]1. The minimum absolute atomic E-state index is 0.0376. The monoisotopic (exact) mass is 402 g/mol. The van der Waals surface area contributed by atoms with Gasteiger partial charge in [0.1, 0.15) is 5.75 Å². The Labute approximate surface area is 166 Å². The van der Waals surface area contributed by atoms with Crippen LogP contribution in [0.15, 0.2) is 52.9 Å². The number of H-pyrrole nitrogens is 1. The van der Waals surface area contributed by atoms with Gasteiger partial charge in [0.05, 0.1) is 25.0 Å². The summed E-state index contributed by atoms with van der Waals surface area (Å²) in [5.41, 5.74) is 0.855. The zero-order valence-corrected chi connectivity index (χ0v) is 16.3. The molecule has 0 aliphatic rings. The maximum Gasteiger partial charge on any atom is 0.251 e. The molecule has 0 spiro atoms. The molecule has 2 aromatic rings. The van der Waals surface area contributed by atoms with Crippen LogP contribution in [0, 0.1) is 0 Å². The molecule has 1 aromatic heterocycles. The number of thioether (sulfide) groups is 1. The lowest BCUT2D eigenvalue weighted by atomic mass is 10.2. The van der Waals surface area contributed by atoms with Crippen molar-refractivity contribution in [1.29, 1.82) is 0 Å². The predicted octanol–water partition coefficient (Wildman–Crippen LogP) is 1.03. The lowest BCUT2D eigenvalue weighted by Crippen LogP contribution is -2.26. The van der Waals surface area contributed by atoms with Crippen LogP contribution in [0.2, 0.25) is 0 Å². The van der Waals surface area contributed by atoms with Gasteiger partial charge in [-0.1, -0.05) is 30.0 Å². The molecule has 2 amide bonds. The second kappa shape index (κ2) is 10.9. The van der Waals surface area contributed by atoms with Gasteiger partial charge in [-0.3, -0.25) is 14.4 Å². The van der Waals surface area contributed by atoms with Crippen molar-refractivity contribution >= 4 is 23.6 Å². The van der Waals surface area contributed by atoms with Gasteiger partial charge >= 0.3 is 0 Å². The number of aromatic nitrogens is 2. The molecule has 2 rings (SSSR count). The molecule has 0 unspecified atom stereocenters. The van der Waals surface area contributed by atoms with E-state index in [0.717, 1.165) is 17.3 Å². The average molecular weight is 402 g/mol. The molecule has 1 heterocycles. The van der Waals surface area contributed by atoms with Crippen LogP contribution in [-0.2, 0) is 22.6 Å². The fourth-order valence-electron chi connectivity index (χ4n) is 2.22. The second-order valence-electron chi connectivity index (χ2n) is 5.73. The highest BCUT2D eigenvalue weighted by Gasteiger charge is 2.09. The first-order chi connectivity index (χ1) is 13.5. The van der Waals surface area contributed by atoms with E-state index in [2.05, 4.69) is 27.2 Å². The molecule has 0 saturated heterocycles. The van der Waals surface area contributed by atoms with Gasteiger partial charge in [0.25, 0.3) is 5.56 Å². The molecule has 0 radical (unpaired) electrons. The third kappa shape index (κ3) is 7.28. The Hall–Kier alpha value is -3.07. The Morgan fingerprint density at radius 2 is 2.11 bits per heavy atom. The van der Waals surface area contributed by atoms with Gasteiger partial charge in [-0.05, 0) is 17.7 Å². The number of carbonyl (C=O) groups is 2. The van der Waals surface area contributed by atoms with E-state index in [1.165, 1.54) is 6.07 Å². The number of hydrogen-bond acceptors (Lipinski definition) is 6. The second-order valence-corrected chi connectivity index (χ2v) is 6.69. The Kier molecular flexibility index (Phi) is 8.29. The molecule has 0 aliphatic heterocycles. The summed E-state index contributed by atoms with van der Waals surface area (Å²) in [5, 5.41) is 5.71. The minimum Gasteiger partial charge on any atom is -0.497 e. The van der Waals surface area contributed by atoms with Crippen LogP contribution in [0.1, 0.15) is 11.3 Å². The maximum atomic E-state index is 12.2. The molecule has 0 fully saturated rings. The molecule has 0 atom stereocenters. The number of hydrogen-bond donors (Lipinski definition) is 3. The number of rotatable bonds is 10. The van der Waals surface area contributed by atoms with Crippen LogP contribution in [0.3, 0.4) is 0 Å². The van der Waals surface area contributed by atoms with E-state index < -0.39 is 0 Å². The number of aromatic amines is 1. The molecule has 8 nitrogen and oxygen atoms in total. The Balaban J connectivity index is 1.90. The normalized spacial score (nSPS) is 10.2. The van der Waals surface area contributed by atoms with Crippen molar-refractivity contribution < 1.29 is 14.3 Å². The first-order valence-corrected chi connectivity index (χ1v) is 9.49. The van der Waals surface area contributed by atoms with E-state index >= 15 is 0 Å². The number of carbonyl (C=O) groups excluding carboxylic acids is 2. The first kappa shape index (κ1) is 21.2. The predicted molar refractivity (Wildman–Crippen MR) is 107 cm³/mol. The summed E-state index contributed by atoms with van der Waals surface area (Å²) in [7, 11) is 1.58.